The predicted octanol–water partition coefficient (Wildman–Crippen LogP) is -1.84. The van der Waals surface area contributed by atoms with Crippen molar-refractivity contribution in [1.29, 1.82) is 0 Å². The van der Waals surface area contributed by atoms with Crippen molar-refractivity contribution in [1.82, 2.24) is 19.5 Å². The minimum absolute atomic E-state index is 0.0323. The van der Waals surface area contributed by atoms with Gasteiger partial charge in [-0.15, -0.1) is 0 Å². The zero-order valence-electron chi connectivity index (χ0n) is 10.1. The third-order valence-corrected chi connectivity index (χ3v) is 3.21. The molecule has 20 heavy (non-hydrogen) atoms. The number of imidazole rings is 1. The number of aliphatic hydroxyl groups is 3. The van der Waals surface area contributed by atoms with Crippen molar-refractivity contribution in [3.8, 4) is 0 Å². The van der Waals surface area contributed by atoms with E-state index in [1.54, 1.807) is 0 Å². The lowest BCUT2D eigenvalue weighted by atomic mass is 10.1. The largest absolute Gasteiger partial charge is 0.394 e. The van der Waals surface area contributed by atoms with Gasteiger partial charge in [-0.3, -0.25) is 4.57 Å². The molecule has 3 heterocycles. The Bertz CT molecular complexity index is 650. The standard InChI is InChI=1S/C10H12FN5O4/c11-10-14-7(12)4-8(15-10)16(2-13-4)9-6(19)5(18)3(1-17)20-9/h2-3,5-6,9,17-19H,1H2,(H2,12,14,15)/t3-,5-,6+,9?/m1/s1. The molecule has 0 saturated carbocycles. The molecule has 1 saturated heterocycles. The topological polar surface area (TPSA) is 140 Å². The van der Waals surface area contributed by atoms with Crippen molar-refractivity contribution < 1.29 is 24.4 Å². The normalized spacial score (nSPS) is 30.2. The van der Waals surface area contributed by atoms with Crippen LogP contribution in [0.15, 0.2) is 6.33 Å². The van der Waals surface area contributed by atoms with Gasteiger partial charge in [-0.05, 0) is 0 Å². The number of hydrogen-bond donors (Lipinski definition) is 4. The van der Waals surface area contributed by atoms with Gasteiger partial charge in [0.2, 0.25) is 0 Å². The molecule has 1 fully saturated rings. The fourth-order valence-electron chi connectivity index (χ4n) is 2.21. The fraction of sp³-hybridized carbons (Fsp3) is 0.500. The number of nitrogen functional groups attached to an aromatic ring is 1. The molecule has 1 aliphatic heterocycles. The summed E-state index contributed by atoms with van der Waals surface area (Å²) in [6, 6.07) is 0. The molecule has 0 amide bonds. The Balaban J connectivity index is 2.07. The molecule has 0 spiro atoms. The van der Waals surface area contributed by atoms with Gasteiger partial charge in [0.15, 0.2) is 23.2 Å². The highest BCUT2D eigenvalue weighted by atomic mass is 19.1. The molecule has 10 heteroatoms. The summed E-state index contributed by atoms with van der Waals surface area (Å²) in [6.45, 7) is -0.465. The zero-order chi connectivity index (χ0) is 14.4. The van der Waals surface area contributed by atoms with Crippen LogP contribution >= 0.6 is 0 Å². The quantitative estimate of drug-likeness (QED) is 0.472. The van der Waals surface area contributed by atoms with Crippen LogP contribution in [-0.4, -0.2) is 59.8 Å². The highest BCUT2D eigenvalue weighted by Gasteiger charge is 2.44. The van der Waals surface area contributed by atoms with Crippen molar-refractivity contribution in [2.24, 2.45) is 0 Å². The molecule has 0 radical (unpaired) electrons. The highest BCUT2D eigenvalue weighted by Crippen LogP contribution is 2.31. The molecule has 2 aromatic rings. The summed E-state index contributed by atoms with van der Waals surface area (Å²) in [6.07, 6.45) is -4.38. The van der Waals surface area contributed by atoms with E-state index in [1.807, 2.05) is 0 Å². The fourth-order valence-corrected chi connectivity index (χ4v) is 2.21. The molecule has 1 aliphatic rings. The van der Waals surface area contributed by atoms with Crippen LogP contribution in [0, 0.1) is 6.08 Å². The van der Waals surface area contributed by atoms with Crippen molar-refractivity contribution in [2.75, 3.05) is 12.3 Å². The Morgan fingerprint density at radius 1 is 1.35 bits per heavy atom. The van der Waals surface area contributed by atoms with Gasteiger partial charge in [0, 0.05) is 0 Å². The summed E-state index contributed by atoms with van der Waals surface area (Å²) in [5, 5.41) is 28.7. The lowest BCUT2D eigenvalue weighted by molar-refractivity contribution is -0.0511. The molecule has 108 valence electrons. The summed E-state index contributed by atoms with van der Waals surface area (Å²) in [5.74, 6) is -0.141. The van der Waals surface area contributed by atoms with E-state index >= 15 is 0 Å². The molecule has 0 aliphatic carbocycles. The Morgan fingerprint density at radius 2 is 2.10 bits per heavy atom. The van der Waals surface area contributed by atoms with E-state index < -0.39 is 37.2 Å². The van der Waals surface area contributed by atoms with E-state index in [1.165, 1.54) is 10.9 Å². The molecule has 5 N–H and O–H groups in total. The molecule has 0 aromatic carbocycles. The van der Waals surface area contributed by atoms with E-state index in [0.717, 1.165) is 0 Å². The molecular formula is C10H12FN5O4. The number of rotatable bonds is 2. The van der Waals surface area contributed by atoms with Crippen LogP contribution in [-0.2, 0) is 4.74 Å². The number of fused-ring (bicyclic) bond motifs is 1. The first-order valence-electron chi connectivity index (χ1n) is 5.81. The molecular weight excluding hydrogens is 273 g/mol. The highest BCUT2D eigenvalue weighted by molar-refractivity contribution is 5.81. The summed E-state index contributed by atoms with van der Waals surface area (Å²) in [7, 11) is 0. The lowest BCUT2D eigenvalue weighted by Crippen LogP contribution is -2.33. The van der Waals surface area contributed by atoms with Gasteiger partial charge in [-0.1, -0.05) is 0 Å². The summed E-state index contributed by atoms with van der Waals surface area (Å²) >= 11 is 0. The number of aromatic nitrogens is 4. The van der Waals surface area contributed by atoms with Gasteiger partial charge >= 0.3 is 6.08 Å². The maximum absolute atomic E-state index is 13.2. The number of ether oxygens (including phenoxy) is 1. The number of anilines is 1. The minimum Gasteiger partial charge on any atom is -0.394 e. The zero-order valence-corrected chi connectivity index (χ0v) is 10.1. The molecule has 3 rings (SSSR count). The number of aliphatic hydroxyl groups excluding tert-OH is 3. The maximum Gasteiger partial charge on any atom is 0.312 e. The van der Waals surface area contributed by atoms with Crippen LogP contribution < -0.4 is 5.73 Å². The van der Waals surface area contributed by atoms with E-state index in [4.69, 9.17) is 15.6 Å². The van der Waals surface area contributed by atoms with Gasteiger partial charge in [0.1, 0.15) is 18.3 Å². The third kappa shape index (κ3) is 1.81. The molecule has 4 atom stereocenters. The summed E-state index contributed by atoms with van der Waals surface area (Å²) < 4.78 is 19.8. The average molecular weight is 285 g/mol. The Kier molecular flexibility index (Phi) is 3.01. The number of nitrogens with zero attached hydrogens (tertiary/aromatic N) is 4. The van der Waals surface area contributed by atoms with Gasteiger partial charge in [0.05, 0.1) is 12.9 Å². The van der Waals surface area contributed by atoms with Crippen LogP contribution in [0.4, 0.5) is 10.2 Å². The first-order chi connectivity index (χ1) is 9.52. The second kappa shape index (κ2) is 4.59. The van der Waals surface area contributed by atoms with E-state index in [9.17, 15) is 14.6 Å². The van der Waals surface area contributed by atoms with Crippen LogP contribution in [0.3, 0.4) is 0 Å². The lowest BCUT2D eigenvalue weighted by Gasteiger charge is -2.16. The monoisotopic (exact) mass is 285 g/mol. The molecule has 0 bridgehead atoms. The Labute approximate surface area is 111 Å². The Hall–Kier alpha value is -1.88. The summed E-state index contributed by atoms with van der Waals surface area (Å²) in [4.78, 5) is 10.8. The van der Waals surface area contributed by atoms with Crippen molar-refractivity contribution >= 4 is 17.0 Å². The van der Waals surface area contributed by atoms with Gasteiger partial charge in [-0.2, -0.15) is 14.4 Å². The van der Waals surface area contributed by atoms with Crippen molar-refractivity contribution in [3.05, 3.63) is 12.4 Å². The second-order valence-corrected chi connectivity index (χ2v) is 4.43. The first kappa shape index (κ1) is 13.1. The van der Waals surface area contributed by atoms with Crippen LogP contribution in [0.25, 0.3) is 11.2 Å². The minimum atomic E-state index is -1.32. The molecule has 9 nitrogen and oxygen atoms in total. The van der Waals surface area contributed by atoms with E-state index in [2.05, 4.69) is 15.0 Å². The summed E-state index contributed by atoms with van der Waals surface area (Å²) in [5.41, 5.74) is 5.71. The van der Waals surface area contributed by atoms with Gasteiger partial charge < -0.3 is 25.8 Å². The number of hydrogen-bond acceptors (Lipinski definition) is 8. The SMILES string of the molecule is Nc1nc(F)nc2c1ncn2C1O[C@H](CO)[C@@H](O)[C@@H]1O. The van der Waals surface area contributed by atoms with Crippen molar-refractivity contribution in [2.45, 2.75) is 24.5 Å². The number of halogens is 1. The smallest absolute Gasteiger partial charge is 0.312 e. The van der Waals surface area contributed by atoms with Crippen molar-refractivity contribution in [3.63, 3.8) is 0 Å². The molecule has 1 unspecified atom stereocenters. The van der Waals surface area contributed by atoms with Crippen LogP contribution in [0.5, 0.6) is 0 Å². The predicted molar refractivity (Wildman–Crippen MR) is 62.7 cm³/mol. The molecule has 2 aromatic heterocycles. The number of nitrogens with two attached hydrogens (primary N) is 1. The third-order valence-electron chi connectivity index (χ3n) is 3.21. The van der Waals surface area contributed by atoms with E-state index in [0.29, 0.717) is 0 Å². The first-order valence-corrected chi connectivity index (χ1v) is 5.81. The second-order valence-electron chi connectivity index (χ2n) is 4.43. The van der Waals surface area contributed by atoms with Crippen LogP contribution in [0.2, 0.25) is 0 Å². The van der Waals surface area contributed by atoms with Gasteiger partial charge in [-0.25, -0.2) is 4.98 Å². The average Bonchev–Trinajstić information content (AvgIpc) is 2.93. The Morgan fingerprint density at radius 3 is 2.75 bits per heavy atom. The van der Waals surface area contributed by atoms with E-state index in [-0.39, 0.29) is 17.0 Å². The maximum atomic E-state index is 13.2. The van der Waals surface area contributed by atoms with Gasteiger partial charge in [0.25, 0.3) is 0 Å². The van der Waals surface area contributed by atoms with Crippen LogP contribution in [0.1, 0.15) is 6.23 Å².